The smallest absolute Gasteiger partial charge is 0.227 e. The van der Waals surface area contributed by atoms with E-state index in [1.54, 1.807) is 7.11 Å². The van der Waals surface area contributed by atoms with Gasteiger partial charge in [-0.3, -0.25) is 14.6 Å². The summed E-state index contributed by atoms with van der Waals surface area (Å²) in [5.74, 6) is 1.16. The van der Waals surface area contributed by atoms with Crippen LogP contribution in [-0.2, 0) is 9.53 Å². The highest BCUT2D eigenvalue weighted by molar-refractivity contribution is 5.81. The van der Waals surface area contributed by atoms with Gasteiger partial charge in [0.2, 0.25) is 5.91 Å². The van der Waals surface area contributed by atoms with Gasteiger partial charge in [-0.25, -0.2) is 0 Å². The number of allylic oxidation sites excluding steroid dienone is 3. The molecule has 0 spiro atoms. The molecule has 2 bridgehead atoms. The second-order valence-corrected chi connectivity index (χ2v) is 12.1. The quantitative estimate of drug-likeness (QED) is 0.313. The van der Waals surface area contributed by atoms with Gasteiger partial charge < -0.3 is 10.1 Å². The maximum Gasteiger partial charge on any atom is 0.227 e. The van der Waals surface area contributed by atoms with Crippen molar-refractivity contribution in [3.8, 4) is 0 Å². The number of methoxy groups -OCH3 is 1. The van der Waals surface area contributed by atoms with Gasteiger partial charge in [-0.15, -0.1) is 6.58 Å². The van der Waals surface area contributed by atoms with Gasteiger partial charge in [-0.05, 0) is 74.7 Å². The lowest BCUT2D eigenvalue weighted by molar-refractivity contribution is -0.124. The van der Waals surface area contributed by atoms with Crippen LogP contribution in [0.15, 0.2) is 59.9 Å². The van der Waals surface area contributed by atoms with Gasteiger partial charge in [-0.2, -0.15) is 0 Å². The average molecular weight is 520 g/mol. The van der Waals surface area contributed by atoms with Crippen LogP contribution < -0.4 is 5.32 Å². The molecule has 4 unspecified atom stereocenters. The Morgan fingerprint density at radius 2 is 1.92 bits per heavy atom. The molecule has 0 radical (unpaired) electrons. The predicted molar refractivity (Wildman–Crippen MR) is 156 cm³/mol. The second-order valence-electron chi connectivity index (χ2n) is 12.1. The van der Waals surface area contributed by atoms with Gasteiger partial charge in [0.05, 0.1) is 19.1 Å². The second kappa shape index (κ2) is 13.3. The van der Waals surface area contributed by atoms with E-state index in [9.17, 15) is 4.79 Å². The minimum Gasteiger partial charge on any atom is -0.497 e. The number of nitrogens with zero attached hydrogens (tertiary/aromatic N) is 2. The van der Waals surface area contributed by atoms with Crippen LogP contribution in [0.4, 0.5) is 0 Å². The summed E-state index contributed by atoms with van der Waals surface area (Å²) in [7, 11) is 1.78. The largest absolute Gasteiger partial charge is 0.497 e. The Hall–Kier alpha value is -2.11. The molecule has 5 aliphatic rings. The molecule has 5 nitrogen and oxygen atoms in total. The maximum atomic E-state index is 13.2. The molecule has 0 aromatic carbocycles. The highest BCUT2D eigenvalue weighted by atomic mass is 16.5. The van der Waals surface area contributed by atoms with Crippen molar-refractivity contribution >= 4 is 5.91 Å². The number of fused-ring (bicyclic) bond motifs is 2. The van der Waals surface area contributed by atoms with E-state index in [0.29, 0.717) is 18.1 Å². The van der Waals surface area contributed by atoms with E-state index in [2.05, 4.69) is 58.2 Å². The SMILES string of the molecule is C=CCN1CCC2CCCC(C1)N2C(C1=CCC(C(=O)NC2CCCCCC2)C=C1)C1=CC(OC)=CCC1. The number of ether oxygens (including phenoxy) is 1. The van der Waals surface area contributed by atoms with Crippen molar-refractivity contribution < 1.29 is 9.53 Å². The molecule has 2 saturated heterocycles. The summed E-state index contributed by atoms with van der Waals surface area (Å²) in [6.07, 6.45) is 28.8. The van der Waals surface area contributed by atoms with Crippen molar-refractivity contribution in [1.29, 1.82) is 0 Å². The van der Waals surface area contributed by atoms with E-state index in [4.69, 9.17) is 4.74 Å². The fraction of sp³-hybridized carbons (Fsp3) is 0.667. The van der Waals surface area contributed by atoms with Gasteiger partial charge in [0.25, 0.3) is 0 Å². The van der Waals surface area contributed by atoms with Crippen LogP contribution in [0.2, 0.25) is 0 Å². The summed E-state index contributed by atoms with van der Waals surface area (Å²) in [5, 5.41) is 3.39. The molecule has 1 saturated carbocycles. The van der Waals surface area contributed by atoms with Crippen LogP contribution in [0.1, 0.15) is 83.5 Å². The van der Waals surface area contributed by atoms with E-state index in [1.807, 2.05) is 0 Å². The molecule has 5 heteroatoms. The molecule has 3 fully saturated rings. The highest BCUT2D eigenvalue weighted by Gasteiger charge is 2.41. The normalized spacial score (nSPS) is 30.2. The zero-order valence-electron chi connectivity index (χ0n) is 23.6. The number of nitrogens with one attached hydrogen (secondary N) is 1. The summed E-state index contributed by atoms with van der Waals surface area (Å²) in [6, 6.07) is 1.76. The van der Waals surface area contributed by atoms with E-state index < -0.39 is 0 Å². The Morgan fingerprint density at radius 1 is 1.11 bits per heavy atom. The standard InChI is InChI=1S/C33H49N3O2/c1-3-21-35-22-20-29-13-9-14-30(24-35)36(29)32(27-10-8-15-31(23-27)38-2)25-16-18-26(19-17-25)33(37)34-28-11-6-4-5-7-12-28/h3,15-18,23,26,28-30,32H,1,4-14,19-22,24H2,2H3,(H,34,37). The molecule has 3 aliphatic carbocycles. The average Bonchev–Trinajstić information content (AvgIpc) is 3.25. The molecule has 4 atom stereocenters. The number of carbonyl (C=O) groups excluding carboxylic acids is 1. The van der Waals surface area contributed by atoms with Gasteiger partial charge >= 0.3 is 0 Å². The first-order valence-electron chi connectivity index (χ1n) is 15.4. The van der Waals surface area contributed by atoms with Gasteiger partial charge in [0.1, 0.15) is 5.76 Å². The fourth-order valence-corrected chi connectivity index (χ4v) is 7.55. The molecule has 0 aromatic heterocycles. The lowest BCUT2D eigenvalue weighted by atomic mass is 9.82. The molecule has 2 heterocycles. The molecular weight excluding hydrogens is 470 g/mol. The molecule has 208 valence electrons. The molecule has 38 heavy (non-hydrogen) atoms. The summed E-state index contributed by atoms with van der Waals surface area (Å²) < 4.78 is 5.70. The van der Waals surface area contributed by atoms with Crippen LogP contribution in [0.5, 0.6) is 0 Å². The lowest BCUT2D eigenvalue weighted by Gasteiger charge is -2.47. The Kier molecular flexibility index (Phi) is 9.61. The Morgan fingerprint density at radius 3 is 2.66 bits per heavy atom. The molecule has 2 aliphatic heterocycles. The molecule has 1 N–H and O–H groups in total. The van der Waals surface area contributed by atoms with Crippen LogP contribution in [0.3, 0.4) is 0 Å². The third-order valence-corrected chi connectivity index (χ3v) is 9.53. The summed E-state index contributed by atoms with van der Waals surface area (Å²) in [4.78, 5) is 18.7. The molecule has 5 rings (SSSR count). The monoisotopic (exact) mass is 519 g/mol. The summed E-state index contributed by atoms with van der Waals surface area (Å²) in [5.41, 5.74) is 2.84. The topological polar surface area (TPSA) is 44.8 Å². The molecular formula is C33H49N3O2. The molecule has 1 amide bonds. The highest BCUT2D eigenvalue weighted by Crippen LogP contribution is 2.39. The van der Waals surface area contributed by atoms with Gasteiger partial charge in [0.15, 0.2) is 0 Å². The van der Waals surface area contributed by atoms with Crippen molar-refractivity contribution in [3.05, 3.63) is 59.9 Å². The van der Waals surface area contributed by atoms with E-state index >= 15 is 0 Å². The maximum absolute atomic E-state index is 13.2. The van der Waals surface area contributed by atoms with Crippen molar-refractivity contribution in [2.24, 2.45) is 5.92 Å². The zero-order valence-corrected chi connectivity index (χ0v) is 23.6. The number of rotatable bonds is 8. The Balaban J connectivity index is 1.37. The zero-order chi connectivity index (χ0) is 26.3. The Labute approximate surface area is 230 Å². The third kappa shape index (κ3) is 6.54. The first-order chi connectivity index (χ1) is 18.7. The number of hydrogen-bond donors (Lipinski definition) is 1. The summed E-state index contributed by atoms with van der Waals surface area (Å²) in [6.45, 7) is 7.25. The molecule has 0 aromatic rings. The van der Waals surface area contributed by atoms with Crippen LogP contribution >= 0.6 is 0 Å². The number of hydrogen-bond acceptors (Lipinski definition) is 4. The van der Waals surface area contributed by atoms with E-state index in [0.717, 1.165) is 57.5 Å². The first kappa shape index (κ1) is 27.5. The summed E-state index contributed by atoms with van der Waals surface area (Å²) >= 11 is 0. The van der Waals surface area contributed by atoms with Crippen molar-refractivity contribution in [2.45, 2.75) is 108 Å². The van der Waals surface area contributed by atoms with Crippen LogP contribution in [0, 0.1) is 5.92 Å². The first-order valence-corrected chi connectivity index (χ1v) is 15.4. The minimum absolute atomic E-state index is 0.0517. The number of carbonyl (C=O) groups is 1. The third-order valence-electron chi connectivity index (χ3n) is 9.53. The van der Waals surface area contributed by atoms with Crippen molar-refractivity contribution in [1.82, 2.24) is 15.1 Å². The van der Waals surface area contributed by atoms with Crippen molar-refractivity contribution in [3.63, 3.8) is 0 Å². The minimum atomic E-state index is -0.0517. The van der Waals surface area contributed by atoms with Gasteiger partial charge in [-0.1, -0.05) is 56.4 Å². The Bertz CT molecular complexity index is 955. The lowest BCUT2D eigenvalue weighted by Crippen LogP contribution is -2.54. The number of amides is 1. The van der Waals surface area contributed by atoms with Crippen molar-refractivity contribution in [2.75, 3.05) is 26.7 Å². The van der Waals surface area contributed by atoms with Gasteiger partial charge in [0, 0.05) is 37.8 Å². The van der Waals surface area contributed by atoms with E-state index in [-0.39, 0.29) is 17.9 Å². The predicted octanol–water partition coefficient (Wildman–Crippen LogP) is 6.06. The van der Waals surface area contributed by atoms with Crippen LogP contribution in [-0.4, -0.2) is 66.6 Å². The van der Waals surface area contributed by atoms with E-state index in [1.165, 1.54) is 62.5 Å². The fourth-order valence-electron chi connectivity index (χ4n) is 7.55. The van der Waals surface area contributed by atoms with Crippen LogP contribution in [0.25, 0.3) is 0 Å². The number of piperidine rings is 1.